The number of amides is 1. The van der Waals surface area contributed by atoms with Crippen molar-refractivity contribution in [2.75, 3.05) is 26.0 Å². The van der Waals surface area contributed by atoms with Gasteiger partial charge in [0.2, 0.25) is 11.9 Å². The predicted octanol–water partition coefficient (Wildman–Crippen LogP) is 6.07. The van der Waals surface area contributed by atoms with E-state index in [1.54, 1.807) is 50.6 Å². The first-order valence-corrected chi connectivity index (χ1v) is 13.0. The lowest BCUT2D eigenvalue weighted by molar-refractivity contribution is -0.162. The van der Waals surface area contributed by atoms with Gasteiger partial charge in [-0.1, -0.05) is 18.2 Å². The van der Waals surface area contributed by atoms with E-state index in [-0.39, 0.29) is 11.9 Å². The van der Waals surface area contributed by atoms with Gasteiger partial charge in [0.25, 0.3) is 0 Å². The Labute approximate surface area is 233 Å². The Morgan fingerprint density at radius 2 is 1.88 bits per heavy atom. The van der Waals surface area contributed by atoms with E-state index in [2.05, 4.69) is 10.3 Å². The molecule has 1 atom stereocenters. The van der Waals surface area contributed by atoms with Crippen molar-refractivity contribution in [2.45, 2.75) is 33.9 Å². The van der Waals surface area contributed by atoms with Crippen molar-refractivity contribution in [1.82, 2.24) is 19.4 Å². The van der Waals surface area contributed by atoms with Gasteiger partial charge < -0.3 is 15.0 Å². The molecule has 1 N–H and O–H groups in total. The maximum absolute atomic E-state index is 14.1. The number of hydrogen-bond acceptors (Lipinski definition) is 6. The molecule has 0 aliphatic carbocycles. The van der Waals surface area contributed by atoms with Crippen LogP contribution >= 0.6 is 0 Å². The number of anilines is 1. The number of hydrogen-bond donors (Lipinski definition) is 1. The zero-order valence-electron chi connectivity index (χ0n) is 23.6. The van der Waals surface area contributed by atoms with E-state index in [0.717, 1.165) is 22.1 Å². The summed E-state index contributed by atoms with van der Waals surface area (Å²) >= 11 is 0. The van der Waals surface area contributed by atoms with Gasteiger partial charge in [-0.25, -0.2) is 9.97 Å². The van der Waals surface area contributed by atoms with Crippen LogP contribution in [-0.2, 0) is 14.3 Å². The quantitative estimate of drug-likeness (QED) is 0.165. The van der Waals surface area contributed by atoms with E-state index in [1.807, 2.05) is 55.5 Å². The molecule has 8 nitrogen and oxygen atoms in total. The molecule has 1 aromatic carbocycles. The van der Waals surface area contributed by atoms with Crippen LogP contribution in [0.25, 0.3) is 33.3 Å². The van der Waals surface area contributed by atoms with Gasteiger partial charge in [-0.2, -0.15) is 4.39 Å². The number of halogens is 1. The number of ether oxygens (including phenoxy) is 1. The third kappa shape index (κ3) is 6.79. The molecule has 3 heterocycles. The van der Waals surface area contributed by atoms with Crippen LogP contribution in [0.15, 0.2) is 73.2 Å². The Morgan fingerprint density at radius 1 is 1.10 bits per heavy atom. The molecule has 4 aromatic rings. The summed E-state index contributed by atoms with van der Waals surface area (Å²) in [5.41, 5.74) is 3.55. The summed E-state index contributed by atoms with van der Waals surface area (Å²) in [5.74, 6) is -1.16. The molecule has 3 aromatic heterocycles. The summed E-state index contributed by atoms with van der Waals surface area (Å²) in [5, 5.41) is 3.64. The van der Waals surface area contributed by atoms with Crippen LogP contribution < -0.4 is 5.32 Å². The first-order valence-electron chi connectivity index (χ1n) is 13.0. The third-order valence-corrected chi connectivity index (χ3v) is 6.19. The van der Waals surface area contributed by atoms with Crippen molar-refractivity contribution in [3.63, 3.8) is 0 Å². The zero-order valence-corrected chi connectivity index (χ0v) is 23.6. The Hall–Kier alpha value is -4.37. The number of carbonyl (C=O) groups is 2. The second-order valence-corrected chi connectivity index (χ2v) is 10.9. The highest BCUT2D eigenvalue weighted by atomic mass is 19.1. The van der Waals surface area contributed by atoms with Gasteiger partial charge in [0.05, 0.1) is 5.41 Å². The SMILES string of the molecule is CC(OC(=O)C(C)(C)C)n1cc(-c2ccnc(F)c2)c2cc(-c3cccc(NC(=O)/C=C/CN(C)C)c3)cnc21. The smallest absolute Gasteiger partial charge is 0.313 e. The lowest BCUT2D eigenvalue weighted by Crippen LogP contribution is -2.26. The van der Waals surface area contributed by atoms with Gasteiger partial charge in [0.1, 0.15) is 5.65 Å². The second kappa shape index (κ2) is 11.8. The Balaban J connectivity index is 1.73. The Morgan fingerprint density at radius 3 is 2.58 bits per heavy atom. The fourth-order valence-electron chi connectivity index (χ4n) is 4.09. The number of likely N-dealkylation sites (N-methyl/N-ethyl adjacent to an activating group) is 1. The van der Waals surface area contributed by atoms with E-state index in [0.29, 0.717) is 23.4 Å². The first-order chi connectivity index (χ1) is 18.9. The summed E-state index contributed by atoms with van der Waals surface area (Å²) in [6.45, 7) is 7.82. The fraction of sp³-hybridized carbons (Fsp3) is 0.290. The lowest BCUT2D eigenvalue weighted by atomic mass is 9.97. The van der Waals surface area contributed by atoms with E-state index in [4.69, 9.17) is 9.72 Å². The minimum atomic E-state index is -0.669. The largest absolute Gasteiger partial charge is 0.441 e. The molecule has 1 unspecified atom stereocenters. The van der Waals surface area contributed by atoms with E-state index >= 15 is 0 Å². The minimum absolute atomic E-state index is 0.217. The molecule has 4 rings (SSSR count). The number of benzene rings is 1. The predicted molar refractivity (Wildman–Crippen MR) is 155 cm³/mol. The number of nitrogens with one attached hydrogen (secondary N) is 1. The second-order valence-electron chi connectivity index (χ2n) is 10.9. The van der Waals surface area contributed by atoms with E-state index in [1.165, 1.54) is 18.3 Å². The molecule has 0 radical (unpaired) electrons. The highest BCUT2D eigenvalue weighted by Crippen LogP contribution is 2.35. The average molecular weight is 544 g/mol. The average Bonchev–Trinajstić information content (AvgIpc) is 3.27. The summed E-state index contributed by atoms with van der Waals surface area (Å²) in [6, 6.07) is 12.5. The fourth-order valence-corrected chi connectivity index (χ4v) is 4.09. The van der Waals surface area contributed by atoms with Crippen molar-refractivity contribution >= 4 is 28.6 Å². The molecule has 0 aliphatic rings. The van der Waals surface area contributed by atoms with Crippen LogP contribution in [0.3, 0.4) is 0 Å². The van der Waals surface area contributed by atoms with Crippen molar-refractivity contribution in [2.24, 2.45) is 5.41 Å². The molecule has 0 fully saturated rings. The molecule has 1 amide bonds. The number of fused-ring (bicyclic) bond motifs is 1. The zero-order chi connectivity index (χ0) is 29.0. The third-order valence-electron chi connectivity index (χ3n) is 6.19. The van der Waals surface area contributed by atoms with Gasteiger partial charge in [0, 0.05) is 59.5 Å². The number of esters is 1. The highest BCUT2D eigenvalue weighted by Gasteiger charge is 2.27. The van der Waals surface area contributed by atoms with Crippen molar-refractivity contribution in [1.29, 1.82) is 0 Å². The summed E-state index contributed by atoms with van der Waals surface area (Å²) in [6.07, 6.45) is 7.61. The molecule has 0 saturated carbocycles. The summed E-state index contributed by atoms with van der Waals surface area (Å²) in [7, 11) is 3.86. The molecular weight excluding hydrogens is 509 g/mol. The molecule has 0 spiro atoms. The van der Waals surface area contributed by atoms with E-state index < -0.39 is 17.6 Å². The summed E-state index contributed by atoms with van der Waals surface area (Å²) < 4.78 is 21.6. The maximum Gasteiger partial charge on any atom is 0.313 e. The first kappa shape index (κ1) is 28.6. The van der Waals surface area contributed by atoms with Crippen molar-refractivity contribution in [3.05, 3.63) is 79.2 Å². The standard InChI is InChI=1S/C31H34FN5O3/c1-20(40-30(39)31(2,3)4)37-19-26(22-12-13-33-27(32)17-22)25-16-23(18-34-29(25)37)21-9-7-10-24(15-21)35-28(38)11-8-14-36(5)6/h7-13,15-20H,14H2,1-6H3,(H,35,38)/b11-8+. The van der Waals surface area contributed by atoms with E-state index in [9.17, 15) is 14.0 Å². The van der Waals surface area contributed by atoms with Crippen molar-refractivity contribution < 1.29 is 18.7 Å². The topological polar surface area (TPSA) is 89.3 Å². The molecule has 208 valence electrons. The monoisotopic (exact) mass is 543 g/mol. The number of pyridine rings is 2. The number of nitrogens with zero attached hydrogens (tertiary/aromatic N) is 4. The molecule has 0 aliphatic heterocycles. The maximum atomic E-state index is 14.1. The van der Waals surface area contributed by atoms with Gasteiger partial charge in [0.15, 0.2) is 6.23 Å². The van der Waals surface area contributed by atoms with Gasteiger partial charge in [-0.15, -0.1) is 0 Å². The normalized spacial score (nSPS) is 12.7. The van der Waals surface area contributed by atoms with Crippen LogP contribution in [0.1, 0.15) is 33.9 Å². The molecular formula is C31H34FN5O3. The van der Waals surface area contributed by atoms with Crippen LogP contribution in [0.2, 0.25) is 0 Å². The Kier molecular flexibility index (Phi) is 8.44. The highest BCUT2D eigenvalue weighted by molar-refractivity contribution is 6.00. The van der Waals surface area contributed by atoms with Crippen LogP contribution in [0, 0.1) is 11.4 Å². The number of rotatable bonds is 8. The van der Waals surface area contributed by atoms with Crippen LogP contribution in [0.4, 0.5) is 10.1 Å². The van der Waals surface area contributed by atoms with Gasteiger partial charge in [-0.05, 0) is 77.2 Å². The molecule has 0 bridgehead atoms. The molecule has 9 heteroatoms. The van der Waals surface area contributed by atoms with Crippen molar-refractivity contribution in [3.8, 4) is 22.3 Å². The number of aromatic nitrogens is 3. The van der Waals surface area contributed by atoms with Crippen LogP contribution in [0.5, 0.6) is 0 Å². The minimum Gasteiger partial charge on any atom is -0.441 e. The molecule has 0 saturated heterocycles. The Bertz CT molecular complexity index is 1570. The van der Waals surface area contributed by atoms with Gasteiger partial charge in [-0.3, -0.25) is 14.2 Å². The summed E-state index contributed by atoms with van der Waals surface area (Å²) in [4.78, 5) is 35.3. The van der Waals surface area contributed by atoms with Gasteiger partial charge >= 0.3 is 5.97 Å². The molecule has 40 heavy (non-hydrogen) atoms. The lowest BCUT2D eigenvalue weighted by Gasteiger charge is -2.22. The number of carbonyl (C=O) groups excluding carboxylic acids is 2. The van der Waals surface area contributed by atoms with Crippen LogP contribution in [-0.4, -0.2) is 52.0 Å².